The van der Waals surface area contributed by atoms with Gasteiger partial charge in [0.05, 0.1) is 35.0 Å². The third kappa shape index (κ3) is 4.74. The second-order valence-electron chi connectivity index (χ2n) is 8.22. The molecule has 178 valence electrons. The summed E-state index contributed by atoms with van der Waals surface area (Å²) in [4.78, 5) is 19.4. The van der Waals surface area contributed by atoms with E-state index in [0.717, 1.165) is 35.4 Å². The van der Waals surface area contributed by atoms with Crippen LogP contribution in [0.25, 0.3) is 22.6 Å². The van der Waals surface area contributed by atoms with E-state index in [9.17, 15) is 9.90 Å². The maximum Gasteiger partial charge on any atom is 0.336 e. The number of ether oxygens (including phenoxy) is 2. The summed E-state index contributed by atoms with van der Waals surface area (Å²) in [5.41, 5.74) is 4.25. The van der Waals surface area contributed by atoms with Gasteiger partial charge in [0.15, 0.2) is 11.5 Å². The Hall–Kier alpha value is -3.09. The van der Waals surface area contributed by atoms with E-state index in [1.165, 1.54) is 0 Å². The molecule has 2 aromatic carbocycles. The van der Waals surface area contributed by atoms with E-state index in [-0.39, 0.29) is 0 Å². The molecule has 0 atom stereocenters. The van der Waals surface area contributed by atoms with Crippen molar-refractivity contribution < 1.29 is 19.4 Å². The average molecular weight is 481 g/mol. The van der Waals surface area contributed by atoms with Gasteiger partial charge in [0.1, 0.15) is 0 Å². The number of carboxylic acid groups (broad SMARTS) is 1. The Balaban J connectivity index is 1.89. The molecule has 0 saturated carbocycles. The van der Waals surface area contributed by atoms with Gasteiger partial charge in [0.25, 0.3) is 0 Å². The van der Waals surface area contributed by atoms with E-state index in [4.69, 9.17) is 26.1 Å². The molecule has 4 rings (SSSR count). The van der Waals surface area contributed by atoms with E-state index in [2.05, 4.69) is 11.8 Å². The van der Waals surface area contributed by atoms with Gasteiger partial charge in [-0.2, -0.15) is 0 Å². The minimum Gasteiger partial charge on any atom is -0.490 e. The number of pyridine rings is 1. The minimum atomic E-state index is -0.939. The van der Waals surface area contributed by atoms with Gasteiger partial charge in [0, 0.05) is 24.0 Å². The molecule has 0 fully saturated rings. The number of aromatic carboxylic acids is 1. The summed E-state index contributed by atoms with van der Waals surface area (Å²) in [5, 5.41) is 11.2. The van der Waals surface area contributed by atoms with E-state index in [1.807, 2.05) is 56.3 Å². The van der Waals surface area contributed by atoms with Crippen LogP contribution < -0.4 is 9.47 Å². The van der Waals surface area contributed by atoms with Gasteiger partial charge < -0.3 is 14.6 Å². The smallest absolute Gasteiger partial charge is 0.336 e. The number of fused-ring (bicyclic) bond motifs is 2. The predicted octanol–water partition coefficient (Wildman–Crippen LogP) is 6.15. The summed E-state index contributed by atoms with van der Waals surface area (Å²) in [7, 11) is 0. The van der Waals surface area contributed by atoms with Crippen LogP contribution in [-0.2, 0) is 6.54 Å². The molecule has 3 aromatic rings. The zero-order valence-electron chi connectivity index (χ0n) is 19.7. The summed E-state index contributed by atoms with van der Waals surface area (Å²) < 4.78 is 11.7. The molecule has 1 N–H and O–H groups in total. The van der Waals surface area contributed by atoms with Crippen LogP contribution in [0.15, 0.2) is 36.4 Å². The molecular formula is C27H29ClN2O4. The number of nitrogens with zero attached hydrogens (tertiary/aromatic N) is 2. The lowest BCUT2D eigenvalue weighted by Crippen LogP contribution is -2.31. The molecule has 1 aliphatic heterocycles. The molecule has 2 heterocycles. The maximum atomic E-state index is 12.3. The molecule has 7 heteroatoms. The van der Waals surface area contributed by atoms with Crippen molar-refractivity contribution in [2.75, 3.05) is 26.3 Å². The van der Waals surface area contributed by atoms with Gasteiger partial charge in [-0.25, -0.2) is 9.78 Å². The van der Waals surface area contributed by atoms with Gasteiger partial charge in [0.2, 0.25) is 0 Å². The molecule has 0 aliphatic carbocycles. The number of benzene rings is 2. The zero-order valence-corrected chi connectivity index (χ0v) is 20.5. The fourth-order valence-electron chi connectivity index (χ4n) is 4.33. The SMILES string of the molecule is CCCOc1c(Cl)cc(/C=C2\CN(CC)Cc3c2nc2ccccc2c3C(=O)O)cc1OCC. The molecule has 1 aromatic heterocycles. The van der Waals surface area contributed by atoms with Crippen LogP contribution in [0.3, 0.4) is 0 Å². The van der Waals surface area contributed by atoms with Crippen molar-refractivity contribution in [3.8, 4) is 11.5 Å². The van der Waals surface area contributed by atoms with E-state index in [0.29, 0.717) is 59.3 Å². The topological polar surface area (TPSA) is 71.9 Å². The van der Waals surface area contributed by atoms with Crippen LogP contribution in [-0.4, -0.2) is 47.3 Å². The Morgan fingerprint density at radius 2 is 1.97 bits per heavy atom. The third-order valence-corrected chi connectivity index (χ3v) is 6.14. The van der Waals surface area contributed by atoms with Crippen molar-refractivity contribution >= 4 is 40.1 Å². The molecule has 0 saturated heterocycles. The molecule has 0 radical (unpaired) electrons. The number of carboxylic acids is 1. The zero-order chi connectivity index (χ0) is 24.2. The Bertz CT molecular complexity index is 1260. The number of hydrogen-bond donors (Lipinski definition) is 1. The number of hydrogen-bond acceptors (Lipinski definition) is 5. The van der Waals surface area contributed by atoms with Crippen LogP contribution in [0.2, 0.25) is 5.02 Å². The van der Waals surface area contributed by atoms with E-state index >= 15 is 0 Å². The first-order valence-electron chi connectivity index (χ1n) is 11.6. The molecule has 0 spiro atoms. The lowest BCUT2D eigenvalue weighted by atomic mass is 9.92. The van der Waals surface area contributed by atoms with Crippen LogP contribution in [0.4, 0.5) is 0 Å². The van der Waals surface area contributed by atoms with Gasteiger partial charge in [-0.15, -0.1) is 0 Å². The molecular weight excluding hydrogens is 452 g/mol. The lowest BCUT2D eigenvalue weighted by Gasteiger charge is -2.30. The fourth-order valence-corrected chi connectivity index (χ4v) is 4.60. The van der Waals surface area contributed by atoms with E-state index in [1.54, 1.807) is 0 Å². The number of halogens is 1. The van der Waals surface area contributed by atoms with E-state index < -0.39 is 5.97 Å². The second kappa shape index (κ2) is 10.5. The van der Waals surface area contributed by atoms with Crippen molar-refractivity contribution in [3.05, 3.63) is 63.8 Å². The first-order chi connectivity index (χ1) is 16.5. The Kier molecular flexibility index (Phi) is 7.39. The highest BCUT2D eigenvalue weighted by Crippen LogP contribution is 2.39. The first-order valence-corrected chi connectivity index (χ1v) is 12.0. The number of likely N-dealkylation sites (N-methyl/N-ethyl adjacent to an activating group) is 1. The summed E-state index contributed by atoms with van der Waals surface area (Å²) in [6.07, 6.45) is 2.88. The fraction of sp³-hybridized carbons (Fsp3) is 0.333. The number of aromatic nitrogens is 1. The monoisotopic (exact) mass is 480 g/mol. The van der Waals surface area contributed by atoms with Crippen molar-refractivity contribution in [3.63, 3.8) is 0 Å². The number of rotatable bonds is 8. The molecule has 0 amide bonds. The highest BCUT2D eigenvalue weighted by atomic mass is 35.5. The van der Waals surface area contributed by atoms with Crippen LogP contribution in [0, 0.1) is 0 Å². The Morgan fingerprint density at radius 1 is 1.18 bits per heavy atom. The lowest BCUT2D eigenvalue weighted by molar-refractivity contribution is 0.0696. The quantitative estimate of drug-likeness (QED) is 0.417. The highest BCUT2D eigenvalue weighted by Gasteiger charge is 2.28. The second-order valence-corrected chi connectivity index (χ2v) is 8.63. The standard InChI is InChI=1S/C27H29ClN2O4/c1-4-11-34-26-21(28)13-17(14-23(26)33-6-3)12-18-15-30(5-2)16-20-24(27(31)32)19-9-7-8-10-22(19)29-25(18)20/h7-10,12-14H,4-6,11,15-16H2,1-3H3,(H,31,32)/b18-12+. The summed E-state index contributed by atoms with van der Waals surface area (Å²) >= 11 is 6.59. The molecule has 34 heavy (non-hydrogen) atoms. The first kappa shape index (κ1) is 24.0. The van der Waals surface area contributed by atoms with Crippen molar-refractivity contribution in [1.29, 1.82) is 0 Å². The number of para-hydroxylation sites is 1. The van der Waals surface area contributed by atoms with Crippen molar-refractivity contribution in [2.24, 2.45) is 0 Å². The largest absolute Gasteiger partial charge is 0.490 e. The normalized spacial score (nSPS) is 14.9. The van der Waals surface area contributed by atoms with Gasteiger partial charge in [-0.05, 0) is 55.3 Å². The molecule has 0 unspecified atom stereocenters. The minimum absolute atomic E-state index is 0.320. The van der Waals surface area contributed by atoms with Crippen LogP contribution >= 0.6 is 11.6 Å². The predicted molar refractivity (Wildman–Crippen MR) is 136 cm³/mol. The third-order valence-electron chi connectivity index (χ3n) is 5.86. The molecule has 0 bridgehead atoms. The van der Waals surface area contributed by atoms with Gasteiger partial charge in [-0.1, -0.05) is 43.6 Å². The highest BCUT2D eigenvalue weighted by molar-refractivity contribution is 6.32. The average Bonchev–Trinajstić information content (AvgIpc) is 2.82. The summed E-state index contributed by atoms with van der Waals surface area (Å²) in [6, 6.07) is 11.2. The van der Waals surface area contributed by atoms with Gasteiger partial charge >= 0.3 is 5.97 Å². The molecule has 1 aliphatic rings. The maximum absolute atomic E-state index is 12.3. The van der Waals surface area contributed by atoms with Crippen LogP contribution in [0.5, 0.6) is 11.5 Å². The van der Waals surface area contributed by atoms with Crippen LogP contribution in [0.1, 0.15) is 54.4 Å². The summed E-state index contributed by atoms with van der Waals surface area (Å²) in [6.45, 7) is 9.05. The Morgan fingerprint density at radius 3 is 2.68 bits per heavy atom. The molecule has 6 nitrogen and oxygen atoms in total. The number of carbonyl (C=O) groups is 1. The van der Waals surface area contributed by atoms with Crippen molar-refractivity contribution in [1.82, 2.24) is 9.88 Å². The summed E-state index contributed by atoms with van der Waals surface area (Å²) in [5.74, 6) is 0.201. The Labute approximate surface area is 204 Å². The van der Waals surface area contributed by atoms with Gasteiger partial charge in [-0.3, -0.25) is 4.90 Å². The van der Waals surface area contributed by atoms with Crippen molar-refractivity contribution in [2.45, 2.75) is 33.7 Å².